The first-order valence-electron chi connectivity index (χ1n) is 8.93. The van der Waals surface area contributed by atoms with E-state index in [9.17, 15) is 5.11 Å². The predicted molar refractivity (Wildman–Crippen MR) is 104 cm³/mol. The van der Waals surface area contributed by atoms with Crippen LogP contribution in [0.25, 0.3) is 21.8 Å². The average Bonchev–Trinajstić information content (AvgIpc) is 3.20. The molecule has 0 spiro atoms. The van der Waals surface area contributed by atoms with Crippen molar-refractivity contribution < 1.29 is 5.11 Å². The largest absolute Gasteiger partial charge is 0.396 e. The van der Waals surface area contributed by atoms with Gasteiger partial charge in [0.2, 0.25) is 0 Å². The van der Waals surface area contributed by atoms with Crippen molar-refractivity contribution in [2.75, 3.05) is 6.61 Å². The molecule has 0 fully saturated rings. The summed E-state index contributed by atoms with van der Waals surface area (Å²) >= 11 is 0. The van der Waals surface area contributed by atoms with Crippen LogP contribution in [-0.4, -0.2) is 21.7 Å². The number of aromatic nitrogens is 2. The molecule has 0 radical (unpaired) electrons. The molecule has 3 nitrogen and oxygen atoms in total. The molecule has 0 bridgehead atoms. The zero-order chi connectivity index (χ0) is 17.4. The van der Waals surface area contributed by atoms with Gasteiger partial charge in [-0.15, -0.1) is 0 Å². The van der Waals surface area contributed by atoms with E-state index in [1.165, 1.54) is 44.1 Å². The fourth-order valence-corrected chi connectivity index (χ4v) is 3.86. The van der Waals surface area contributed by atoms with Crippen LogP contribution in [0.4, 0.5) is 0 Å². The number of fused-ring (bicyclic) bond motifs is 2. The Hall–Kier alpha value is -2.52. The maximum absolute atomic E-state index is 9.41. The van der Waals surface area contributed by atoms with Gasteiger partial charge in [-0.05, 0) is 62.1 Å². The van der Waals surface area contributed by atoms with E-state index in [-0.39, 0.29) is 12.5 Å². The maximum atomic E-state index is 9.41. The van der Waals surface area contributed by atoms with E-state index in [0.717, 1.165) is 12.8 Å². The third kappa shape index (κ3) is 2.85. The third-order valence-corrected chi connectivity index (χ3v) is 5.14. The minimum absolute atomic E-state index is 0.221. The van der Waals surface area contributed by atoms with Crippen LogP contribution in [0.1, 0.15) is 41.0 Å². The Morgan fingerprint density at radius 1 is 0.840 bits per heavy atom. The molecule has 0 aliphatic rings. The summed E-state index contributed by atoms with van der Waals surface area (Å²) in [6, 6.07) is 13.1. The average molecular weight is 332 g/mol. The zero-order valence-corrected chi connectivity index (χ0v) is 14.8. The van der Waals surface area contributed by atoms with Crippen molar-refractivity contribution in [2.45, 2.75) is 32.6 Å². The van der Waals surface area contributed by atoms with Crippen LogP contribution in [0.5, 0.6) is 0 Å². The summed E-state index contributed by atoms with van der Waals surface area (Å²) in [5.41, 5.74) is 7.51. The molecular formula is C22H24N2O. The lowest BCUT2D eigenvalue weighted by Crippen LogP contribution is -2.02. The normalized spacial score (nSPS) is 11.8. The van der Waals surface area contributed by atoms with Gasteiger partial charge >= 0.3 is 0 Å². The molecule has 0 aliphatic heterocycles. The van der Waals surface area contributed by atoms with E-state index in [2.05, 4.69) is 72.6 Å². The number of aryl methyl sites for hydroxylation is 2. The molecule has 0 saturated heterocycles. The quantitative estimate of drug-likeness (QED) is 0.464. The molecule has 0 aliphatic carbocycles. The van der Waals surface area contributed by atoms with Gasteiger partial charge in [-0.1, -0.05) is 23.3 Å². The van der Waals surface area contributed by atoms with Gasteiger partial charge < -0.3 is 15.1 Å². The van der Waals surface area contributed by atoms with Crippen LogP contribution in [0.15, 0.2) is 48.8 Å². The summed E-state index contributed by atoms with van der Waals surface area (Å²) in [7, 11) is 0. The van der Waals surface area contributed by atoms with E-state index < -0.39 is 0 Å². The molecule has 2 aromatic heterocycles. The summed E-state index contributed by atoms with van der Waals surface area (Å²) in [6.07, 6.45) is 6.00. The molecule has 3 heteroatoms. The highest BCUT2D eigenvalue weighted by Gasteiger charge is 2.21. The van der Waals surface area contributed by atoms with Crippen molar-refractivity contribution in [3.63, 3.8) is 0 Å². The third-order valence-electron chi connectivity index (χ3n) is 5.14. The summed E-state index contributed by atoms with van der Waals surface area (Å²) in [5.74, 6) is 0.262. The number of aliphatic hydroxyl groups is 1. The van der Waals surface area contributed by atoms with E-state index in [1.807, 2.05) is 0 Å². The van der Waals surface area contributed by atoms with Gasteiger partial charge in [0.1, 0.15) is 0 Å². The van der Waals surface area contributed by atoms with Crippen LogP contribution < -0.4 is 0 Å². The first-order chi connectivity index (χ1) is 12.2. The van der Waals surface area contributed by atoms with Gasteiger partial charge in [0, 0.05) is 46.7 Å². The number of nitrogens with one attached hydrogen (secondary N) is 2. The van der Waals surface area contributed by atoms with Crippen molar-refractivity contribution in [2.24, 2.45) is 0 Å². The Labute approximate surface area is 147 Å². The number of benzene rings is 2. The van der Waals surface area contributed by atoms with Crippen LogP contribution >= 0.6 is 0 Å². The Morgan fingerprint density at radius 3 is 1.84 bits per heavy atom. The first-order valence-corrected chi connectivity index (χ1v) is 8.93. The molecule has 2 heterocycles. The lowest BCUT2D eigenvalue weighted by Gasteiger charge is -2.16. The van der Waals surface area contributed by atoms with Crippen molar-refractivity contribution in [3.05, 3.63) is 71.0 Å². The Kier molecular flexibility index (Phi) is 4.10. The fraction of sp³-hybridized carbons (Fsp3) is 0.273. The number of H-pyrrole nitrogens is 2. The monoisotopic (exact) mass is 332 g/mol. The first kappa shape index (κ1) is 16.0. The van der Waals surface area contributed by atoms with Crippen molar-refractivity contribution >= 4 is 21.8 Å². The van der Waals surface area contributed by atoms with Crippen LogP contribution in [-0.2, 0) is 0 Å². The highest BCUT2D eigenvalue weighted by Crippen LogP contribution is 2.38. The van der Waals surface area contributed by atoms with Crippen molar-refractivity contribution in [1.82, 2.24) is 9.97 Å². The number of aliphatic hydroxyl groups excluding tert-OH is 1. The highest BCUT2D eigenvalue weighted by atomic mass is 16.2. The standard InChI is InChI=1S/C22H24N2O/c1-14-5-7-21-17(10-14)19(12-23-21)16(4-3-9-25)20-13-24-22-8-6-15(2)11-18(20)22/h5-8,10-13,16,23-25H,3-4,9H2,1-2H3. The molecule has 128 valence electrons. The summed E-state index contributed by atoms with van der Waals surface area (Å²) in [4.78, 5) is 6.84. The summed E-state index contributed by atoms with van der Waals surface area (Å²) < 4.78 is 0. The molecule has 4 rings (SSSR count). The van der Waals surface area contributed by atoms with Gasteiger partial charge in [-0.3, -0.25) is 0 Å². The van der Waals surface area contributed by atoms with Crippen LogP contribution in [0.2, 0.25) is 0 Å². The zero-order valence-electron chi connectivity index (χ0n) is 14.8. The minimum Gasteiger partial charge on any atom is -0.396 e. The Balaban J connectivity index is 1.89. The van der Waals surface area contributed by atoms with Crippen LogP contribution in [0, 0.1) is 13.8 Å². The van der Waals surface area contributed by atoms with Gasteiger partial charge in [0.25, 0.3) is 0 Å². The van der Waals surface area contributed by atoms with E-state index in [0.29, 0.717) is 0 Å². The van der Waals surface area contributed by atoms with Gasteiger partial charge in [0.15, 0.2) is 0 Å². The highest BCUT2D eigenvalue weighted by molar-refractivity contribution is 5.88. The van der Waals surface area contributed by atoms with Gasteiger partial charge in [0.05, 0.1) is 0 Å². The lowest BCUT2D eigenvalue weighted by atomic mass is 9.86. The van der Waals surface area contributed by atoms with E-state index >= 15 is 0 Å². The molecule has 0 saturated carbocycles. The summed E-state index contributed by atoms with van der Waals surface area (Å²) in [5, 5.41) is 12.0. The Morgan fingerprint density at radius 2 is 1.36 bits per heavy atom. The molecule has 0 unspecified atom stereocenters. The predicted octanol–water partition coefficient (Wildman–Crippen LogP) is 5.17. The number of rotatable bonds is 5. The topological polar surface area (TPSA) is 51.8 Å². The summed E-state index contributed by atoms with van der Waals surface area (Å²) in [6.45, 7) is 4.49. The molecule has 25 heavy (non-hydrogen) atoms. The van der Waals surface area contributed by atoms with Crippen LogP contribution in [0.3, 0.4) is 0 Å². The number of hydrogen-bond acceptors (Lipinski definition) is 1. The molecule has 3 N–H and O–H groups in total. The SMILES string of the molecule is Cc1ccc2[nH]cc(C(CCCO)c3c[nH]c4ccc(C)cc34)c2c1. The second-order valence-electron chi connectivity index (χ2n) is 7.00. The smallest absolute Gasteiger partial charge is 0.0457 e. The second kappa shape index (κ2) is 6.41. The number of hydrogen-bond donors (Lipinski definition) is 3. The van der Waals surface area contributed by atoms with Gasteiger partial charge in [-0.2, -0.15) is 0 Å². The maximum Gasteiger partial charge on any atom is 0.0457 e. The van der Waals surface area contributed by atoms with Crippen molar-refractivity contribution in [1.29, 1.82) is 0 Å². The molecule has 0 amide bonds. The van der Waals surface area contributed by atoms with Gasteiger partial charge in [-0.25, -0.2) is 0 Å². The van der Waals surface area contributed by atoms with Crippen molar-refractivity contribution in [3.8, 4) is 0 Å². The van der Waals surface area contributed by atoms with E-state index in [4.69, 9.17) is 0 Å². The minimum atomic E-state index is 0.221. The lowest BCUT2D eigenvalue weighted by molar-refractivity contribution is 0.282. The van der Waals surface area contributed by atoms with E-state index in [1.54, 1.807) is 0 Å². The molecule has 4 aromatic rings. The molecule has 2 aromatic carbocycles. The fourth-order valence-electron chi connectivity index (χ4n) is 3.86. The molecular weight excluding hydrogens is 308 g/mol. The number of aromatic amines is 2. The Bertz CT molecular complexity index is 945. The molecule has 0 atom stereocenters. The second-order valence-corrected chi connectivity index (χ2v) is 7.00.